The topological polar surface area (TPSA) is 44.1 Å². The van der Waals surface area contributed by atoms with Crippen LogP contribution in [0.2, 0.25) is 0 Å². The van der Waals surface area contributed by atoms with Crippen LogP contribution < -0.4 is 4.90 Å². The molecule has 3 nitrogen and oxygen atoms in total. The summed E-state index contributed by atoms with van der Waals surface area (Å²) in [4.78, 5) is 13.4. The molecule has 2 aromatic rings. The summed E-state index contributed by atoms with van der Waals surface area (Å²) < 4.78 is 39.0. The van der Waals surface area contributed by atoms with Crippen LogP contribution in [0.25, 0.3) is 5.57 Å². The van der Waals surface area contributed by atoms with E-state index in [2.05, 4.69) is 0 Å². The smallest absolute Gasteiger partial charge is 0.348 e. The first-order valence-corrected chi connectivity index (χ1v) is 7.52. The lowest BCUT2D eigenvalue weighted by Gasteiger charge is -2.21. The number of hydrogen-bond donors (Lipinski definition) is 0. The van der Waals surface area contributed by atoms with Gasteiger partial charge >= 0.3 is 6.18 Å². The van der Waals surface area contributed by atoms with Crippen LogP contribution in [0.4, 0.5) is 18.9 Å². The predicted molar refractivity (Wildman–Crippen MR) is 89.7 cm³/mol. The van der Waals surface area contributed by atoms with E-state index in [1.165, 1.54) is 23.2 Å². The Labute approximate surface area is 143 Å². The van der Waals surface area contributed by atoms with Gasteiger partial charge in [0, 0.05) is 18.4 Å². The molecule has 0 aliphatic heterocycles. The van der Waals surface area contributed by atoms with Crippen LogP contribution in [0, 0.1) is 11.3 Å². The van der Waals surface area contributed by atoms with Crippen LogP contribution in [0.5, 0.6) is 0 Å². The SMILES string of the molecule is CCN(/C=C(\C(=O)C(F)(F)F)c1ccccc1)c1ccc(C#N)cc1. The Morgan fingerprint density at radius 1 is 1.12 bits per heavy atom. The molecular formula is C19H15F3N2O. The number of nitrogens with zero attached hydrogens (tertiary/aromatic N) is 2. The molecule has 25 heavy (non-hydrogen) atoms. The van der Waals surface area contributed by atoms with Crippen molar-refractivity contribution < 1.29 is 18.0 Å². The third-order valence-electron chi connectivity index (χ3n) is 3.54. The second-order valence-corrected chi connectivity index (χ2v) is 5.18. The molecule has 0 radical (unpaired) electrons. The van der Waals surface area contributed by atoms with Crippen LogP contribution in [-0.4, -0.2) is 18.5 Å². The van der Waals surface area contributed by atoms with Crippen LogP contribution in [0.3, 0.4) is 0 Å². The first-order chi connectivity index (χ1) is 11.9. The molecule has 0 unspecified atom stereocenters. The molecule has 0 heterocycles. The molecule has 0 fully saturated rings. The molecular weight excluding hydrogens is 329 g/mol. The molecule has 128 valence electrons. The van der Waals surface area contributed by atoms with Gasteiger partial charge in [0.05, 0.1) is 17.2 Å². The summed E-state index contributed by atoms with van der Waals surface area (Å²) in [5.41, 5.74) is 0.791. The molecule has 0 saturated heterocycles. The molecule has 0 bridgehead atoms. The van der Waals surface area contributed by atoms with E-state index in [-0.39, 0.29) is 5.56 Å². The molecule has 2 rings (SSSR count). The van der Waals surface area contributed by atoms with Crippen LogP contribution in [0.1, 0.15) is 18.1 Å². The van der Waals surface area contributed by atoms with E-state index in [0.717, 1.165) is 0 Å². The Bertz CT molecular complexity index is 803. The van der Waals surface area contributed by atoms with Crippen molar-refractivity contribution in [2.24, 2.45) is 0 Å². The molecule has 0 atom stereocenters. The van der Waals surface area contributed by atoms with Gasteiger partial charge in [-0.2, -0.15) is 18.4 Å². The minimum atomic E-state index is -4.97. The monoisotopic (exact) mass is 344 g/mol. The van der Waals surface area contributed by atoms with E-state index in [0.29, 0.717) is 17.8 Å². The van der Waals surface area contributed by atoms with Gasteiger partial charge in [0.25, 0.3) is 5.78 Å². The minimum absolute atomic E-state index is 0.192. The Morgan fingerprint density at radius 3 is 2.20 bits per heavy atom. The molecule has 0 aliphatic rings. The fourth-order valence-electron chi connectivity index (χ4n) is 2.27. The molecule has 2 aromatic carbocycles. The highest BCUT2D eigenvalue weighted by Crippen LogP contribution is 2.28. The van der Waals surface area contributed by atoms with E-state index in [4.69, 9.17) is 5.26 Å². The Hall–Kier alpha value is -3.07. The number of alkyl halides is 3. The maximum absolute atomic E-state index is 13.0. The summed E-state index contributed by atoms with van der Waals surface area (Å²) in [5.74, 6) is -1.90. The first-order valence-electron chi connectivity index (χ1n) is 7.52. The fourth-order valence-corrected chi connectivity index (χ4v) is 2.27. The quantitative estimate of drug-likeness (QED) is 0.747. The fraction of sp³-hybridized carbons (Fsp3) is 0.158. The van der Waals surface area contributed by atoms with E-state index in [1.807, 2.05) is 6.07 Å². The lowest BCUT2D eigenvalue weighted by atomic mass is 10.0. The number of Topliss-reactive ketones (excluding diaryl/α,β-unsaturated/α-hetero) is 1. The lowest BCUT2D eigenvalue weighted by Crippen LogP contribution is -2.26. The van der Waals surface area contributed by atoms with Crippen molar-refractivity contribution in [1.29, 1.82) is 5.26 Å². The second-order valence-electron chi connectivity index (χ2n) is 5.18. The van der Waals surface area contributed by atoms with Crippen LogP contribution in [0.15, 0.2) is 60.8 Å². The lowest BCUT2D eigenvalue weighted by molar-refractivity contribution is -0.164. The van der Waals surface area contributed by atoms with E-state index in [9.17, 15) is 18.0 Å². The number of rotatable bonds is 5. The third kappa shape index (κ3) is 4.48. The maximum atomic E-state index is 13.0. The second kappa shape index (κ2) is 7.67. The van der Waals surface area contributed by atoms with Crippen molar-refractivity contribution in [3.05, 3.63) is 71.9 Å². The Morgan fingerprint density at radius 2 is 1.72 bits per heavy atom. The van der Waals surface area contributed by atoms with E-state index in [1.54, 1.807) is 49.4 Å². The summed E-state index contributed by atoms with van der Waals surface area (Å²) in [7, 11) is 0. The number of carbonyl (C=O) groups excluding carboxylic acids is 1. The largest absolute Gasteiger partial charge is 0.454 e. The molecule has 0 aromatic heterocycles. The van der Waals surface area contributed by atoms with Gasteiger partial charge in [-0.15, -0.1) is 0 Å². The summed E-state index contributed by atoms with van der Waals surface area (Å²) >= 11 is 0. The Kier molecular flexibility index (Phi) is 5.60. The number of allylic oxidation sites excluding steroid dienone is 1. The summed E-state index contributed by atoms with van der Waals surface area (Å²) in [6, 6.07) is 16.1. The molecule has 0 aliphatic carbocycles. The van der Waals surface area contributed by atoms with E-state index >= 15 is 0 Å². The number of anilines is 1. The zero-order valence-electron chi connectivity index (χ0n) is 13.4. The average Bonchev–Trinajstić information content (AvgIpc) is 2.62. The van der Waals surface area contributed by atoms with Crippen molar-refractivity contribution in [3.8, 4) is 6.07 Å². The van der Waals surface area contributed by atoms with Crippen LogP contribution >= 0.6 is 0 Å². The van der Waals surface area contributed by atoms with Crippen LogP contribution in [-0.2, 0) is 4.79 Å². The van der Waals surface area contributed by atoms with Crippen molar-refractivity contribution in [1.82, 2.24) is 0 Å². The highest BCUT2D eigenvalue weighted by Gasteiger charge is 2.41. The van der Waals surface area contributed by atoms with Crippen molar-refractivity contribution in [3.63, 3.8) is 0 Å². The standard InChI is InChI=1S/C19H15F3N2O/c1-2-24(16-10-8-14(12-23)9-11-16)13-17(18(25)19(20,21)22)15-6-4-3-5-7-15/h3-11,13H,2H2,1H3/b17-13-. The number of carbonyl (C=O) groups is 1. The molecule has 0 N–H and O–H groups in total. The molecule has 0 amide bonds. The molecule has 0 spiro atoms. The molecule has 0 saturated carbocycles. The number of nitriles is 1. The van der Waals surface area contributed by atoms with E-state index < -0.39 is 17.5 Å². The highest BCUT2D eigenvalue weighted by molar-refractivity contribution is 6.23. The maximum Gasteiger partial charge on any atom is 0.454 e. The first kappa shape index (κ1) is 18.3. The summed E-state index contributed by atoms with van der Waals surface area (Å²) in [6.45, 7) is 2.11. The minimum Gasteiger partial charge on any atom is -0.348 e. The van der Waals surface area contributed by atoms with Gasteiger partial charge in [-0.05, 0) is 36.8 Å². The number of hydrogen-bond acceptors (Lipinski definition) is 3. The number of halogens is 3. The van der Waals surface area contributed by atoms with Gasteiger partial charge < -0.3 is 4.90 Å². The molecule has 6 heteroatoms. The number of benzene rings is 2. The zero-order valence-corrected chi connectivity index (χ0v) is 13.4. The van der Waals surface area contributed by atoms with Gasteiger partial charge in [0.15, 0.2) is 0 Å². The Balaban J connectivity index is 2.50. The normalized spacial score (nSPS) is 11.7. The highest BCUT2D eigenvalue weighted by atomic mass is 19.4. The van der Waals surface area contributed by atoms with Gasteiger partial charge in [-0.1, -0.05) is 30.3 Å². The summed E-state index contributed by atoms with van der Waals surface area (Å²) in [5, 5.41) is 8.84. The summed E-state index contributed by atoms with van der Waals surface area (Å²) in [6.07, 6.45) is -3.77. The van der Waals surface area contributed by atoms with Crippen molar-refractivity contribution in [2.75, 3.05) is 11.4 Å². The third-order valence-corrected chi connectivity index (χ3v) is 3.54. The van der Waals surface area contributed by atoms with Crippen molar-refractivity contribution >= 4 is 17.0 Å². The van der Waals surface area contributed by atoms with Gasteiger partial charge in [0.2, 0.25) is 0 Å². The van der Waals surface area contributed by atoms with Gasteiger partial charge in [-0.25, -0.2) is 0 Å². The van der Waals surface area contributed by atoms with Gasteiger partial charge in [-0.3, -0.25) is 4.79 Å². The van der Waals surface area contributed by atoms with Crippen molar-refractivity contribution in [2.45, 2.75) is 13.1 Å². The zero-order chi connectivity index (χ0) is 18.4. The predicted octanol–water partition coefficient (Wildman–Crippen LogP) is 4.56. The number of ketones is 1. The van der Waals surface area contributed by atoms with Gasteiger partial charge in [0.1, 0.15) is 0 Å². The average molecular weight is 344 g/mol.